The van der Waals surface area contributed by atoms with Crippen molar-refractivity contribution in [1.29, 1.82) is 0 Å². The molecule has 0 aliphatic carbocycles. The summed E-state index contributed by atoms with van der Waals surface area (Å²) in [6, 6.07) is 6.86. The fourth-order valence-corrected chi connectivity index (χ4v) is 2.45. The largest absolute Gasteiger partial charge is 0.505 e. The van der Waals surface area contributed by atoms with Gasteiger partial charge in [0, 0.05) is 0 Å². The number of carbonyl (C=O) groups is 3. The lowest BCUT2D eigenvalue weighted by atomic mass is 9.98. The molecule has 0 unspecified atom stereocenters. The molecule has 9 heteroatoms. The van der Waals surface area contributed by atoms with Gasteiger partial charge in [-0.15, -0.1) is 0 Å². The van der Waals surface area contributed by atoms with Crippen molar-refractivity contribution in [1.82, 2.24) is 4.98 Å². The fraction of sp³-hybridized carbons (Fsp3) is 0.176. The molecular formula is C17H15NO8. The zero-order valence-electron chi connectivity index (χ0n) is 13.6. The Morgan fingerprint density at radius 3 is 1.96 bits per heavy atom. The number of aryl methyl sites for hydroxylation is 2. The average Bonchev–Trinajstić information content (AvgIpc) is 2.59. The predicted octanol–water partition coefficient (Wildman–Crippen LogP) is 1.68. The zero-order chi connectivity index (χ0) is 19.4. The van der Waals surface area contributed by atoms with Crippen LogP contribution in [0.2, 0.25) is 0 Å². The molecule has 0 amide bonds. The summed E-state index contributed by atoms with van der Waals surface area (Å²) in [5, 5.41) is 37.5. The summed E-state index contributed by atoms with van der Waals surface area (Å²) in [6.45, 7) is 0. The minimum Gasteiger partial charge on any atom is -0.505 e. The highest BCUT2D eigenvalue weighted by Gasteiger charge is 2.30. The number of hydrogen-bond donors (Lipinski definition) is 4. The minimum absolute atomic E-state index is 0.0329. The summed E-state index contributed by atoms with van der Waals surface area (Å²) in [6.07, 6.45) is 0.245. The second kappa shape index (κ2) is 7.51. The van der Waals surface area contributed by atoms with E-state index in [1.807, 2.05) is 0 Å². The second-order valence-electron chi connectivity index (χ2n) is 5.27. The number of pyridine rings is 1. The molecule has 1 aromatic carbocycles. The van der Waals surface area contributed by atoms with E-state index >= 15 is 0 Å². The van der Waals surface area contributed by atoms with Gasteiger partial charge in [-0.05, 0) is 30.5 Å². The van der Waals surface area contributed by atoms with Gasteiger partial charge in [-0.25, -0.2) is 19.4 Å². The van der Waals surface area contributed by atoms with Gasteiger partial charge in [0.2, 0.25) is 0 Å². The first-order chi connectivity index (χ1) is 12.3. The van der Waals surface area contributed by atoms with E-state index in [2.05, 4.69) is 4.98 Å². The van der Waals surface area contributed by atoms with E-state index in [1.165, 1.54) is 7.11 Å². The zero-order valence-corrected chi connectivity index (χ0v) is 13.6. The van der Waals surface area contributed by atoms with E-state index in [4.69, 9.17) is 9.84 Å². The Bertz CT molecular complexity index is 873. The molecule has 2 aromatic rings. The minimum atomic E-state index is -1.75. The maximum absolute atomic E-state index is 11.5. The van der Waals surface area contributed by atoms with E-state index in [9.17, 15) is 29.7 Å². The Labute approximate surface area is 147 Å². The molecule has 0 spiro atoms. The van der Waals surface area contributed by atoms with Gasteiger partial charge in [-0.3, -0.25) is 0 Å². The van der Waals surface area contributed by atoms with Gasteiger partial charge in [0.1, 0.15) is 11.3 Å². The van der Waals surface area contributed by atoms with Crippen LogP contribution in [0.3, 0.4) is 0 Å². The number of ether oxygens (including phenoxy) is 1. The van der Waals surface area contributed by atoms with Crippen molar-refractivity contribution in [3.63, 3.8) is 0 Å². The Morgan fingerprint density at radius 2 is 1.50 bits per heavy atom. The molecule has 0 aliphatic rings. The van der Waals surface area contributed by atoms with Crippen LogP contribution in [0.1, 0.15) is 42.5 Å². The van der Waals surface area contributed by atoms with Gasteiger partial charge in [-0.1, -0.05) is 12.1 Å². The van der Waals surface area contributed by atoms with E-state index in [-0.39, 0.29) is 18.5 Å². The number of nitrogens with zero attached hydrogens (tertiary/aromatic N) is 1. The van der Waals surface area contributed by atoms with Gasteiger partial charge >= 0.3 is 17.9 Å². The number of aromatic nitrogens is 1. The maximum Gasteiger partial charge on any atom is 0.358 e. The van der Waals surface area contributed by atoms with Crippen LogP contribution in [0.4, 0.5) is 0 Å². The number of aromatic hydroxyl groups is 1. The molecule has 0 radical (unpaired) electrons. The van der Waals surface area contributed by atoms with Crippen LogP contribution in [0, 0.1) is 0 Å². The fourth-order valence-electron chi connectivity index (χ4n) is 2.45. The summed E-state index contributed by atoms with van der Waals surface area (Å²) in [5.74, 6) is -5.59. The SMILES string of the molecule is COc1ccc(CCc2nc(C(=O)O)c(O)c(C(=O)O)c2C(=O)O)cc1. The molecule has 1 heterocycles. The van der Waals surface area contributed by atoms with Crippen molar-refractivity contribution < 1.29 is 39.5 Å². The van der Waals surface area contributed by atoms with Crippen LogP contribution in [-0.2, 0) is 12.8 Å². The van der Waals surface area contributed by atoms with Gasteiger partial charge in [0.05, 0.1) is 18.4 Å². The molecule has 0 atom stereocenters. The lowest BCUT2D eigenvalue weighted by Gasteiger charge is -2.12. The van der Waals surface area contributed by atoms with Crippen LogP contribution in [0.15, 0.2) is 24.3 Å². The topological polar surface area (TPSA) is 154 Å². The summed E-state index contributed by atoms with van der Waals surface area (Å²) >= 11 is 0. The van der Waals surface area contributed by atoms with Gasteiger partial charge < -0.3 is 25.2 Å². The quantitative estimate of drug-likeness (QED) is 0.576. The highest BCUT2D eigenvalue weighted by molar-refractivity contribution is 6.06. The lowest BCUT2D eigenvalue weighted by molar-refractivity contribution is 0.0640. The third-order valence-electron chi connectivity index (χ3n) is 3.69. The number of benzene rings is 1. The third kappa shape index (κ3) is 3.72. The maximum atomic E-state index is 11.5. The number of hydrogen-bond acceptors (Lipinski definition) is 6. The number of aromatic carboxylic acids is 3. The number of carboxylic acid groups (broad SMARTS) is 3. The van der Waals surface area contributed by atoms with Crippen molar-refractivity contribution >= 4 is 17.9 Å². The average molecular weight is 361 g/mol. The standard InChI is InChI=1S/C17H15NO8/c1-26-9-5-2-8(3-6-9)4-7-10-11(15(20)21)12(16(22)23)14(19)13(18-10)17(24)25/h2-3,5-6,19H,4,7H2,1H3,(H,20,21)(H,22,23)(H,24,25). The molecule has 0 aliphatic heterocycles. The van der Waals surface area contributed by atoms with Gasteiger partial charge in [-0.2, -0.15) is 0 Å². The van der Waals surface area contributed by atoms with Crippen molar-refractivity contribution in [3.05, 3.63) is 52.3 Å². The van der Waals surface area contributed by atoms with Crippen molar-refractivity contribution in [2.24, 2.45) is 0 Å². The molecule has 9 nitrogen and oxygen atoms in total. The second-order valence-corrected chi connectivity index (χ2v) is 5.27. The molecule has 26 heavy (non-hydrogen) atoms. The van der Waals surface area contributed by atoms with Gasteiger partial charge in [0.25, 0.3) is 0 Å². The predicted molar refractivity (Wildman–Crippen MR) is 87.2 cm³/mol. The van der Waals surface area contributed by atoms with Crippen molar-refractivity contribution in [2.75, 3.05) is 7.11 Å². The molecule has 1 aromatic heterocycles. The van der Waals surface area contributed by atoms with Crippen LogP contribution in [0.25, 0.3) is 0 Å². The Hall–Kier alpha value is -3.62. The smallest absolute Gasteiger partial charge is 0.358 e. The molecule has 136 valence electrons. The van der Waals surface area contributed by atoms with Crippen LogP contribution in [0.5, 0.6) is 11.5 Å². The number of methoxy groups -OCH3 is 1. The van der Waals surface area contributed by atoms with E-state index < -0.39 is 40.5 Å². The molecule has 0 fully saturated rings. The Balaban J connectivity index is 2.49. The summed E-state index contributed by atoms with van der Waals surface area (Å²) in [4.78, 5) is 37.7. The van der Waals surface area contributed by atoms with Crippen molar-refractivity contribution in [3.8, 4) is 11.5 Å². The third-order valence-corrected chi connectivity index (χ3v) is 3.69. The monoisotopic (exact) mass is 361 g/mol. The Morgan fingerprint density at radius 1 is 0.923 bits per heavy atom. The number of carboxylic acids is 3. The highest BCUT2D eigenvalue weighted by Crippen LogP contribution is 2.28. The molecule has 0 bridgehead atoms. The van der Waals surface area contributed by atoms with Crippen LogP contribution < -0.4 is 4.74 Å². The molecule has 0 saturated carbocycles. The molecule has 0 saturated heterocycles. The van der Waals surface area contributed by atoms with Crippen LogP contribution in [-0.4, -0.2) is 50.4 Å². The van der Waals surface area contributed by atoms with Crippen molar-refractivity contribution in [2.45, 2.75) is 12.8 Å². The first-order valence-electron chi connectivity index (χ1n) is 7.34. The lowest BCUT2D eigenvalue weighted by Crippen LogP contribution is -2.18. The molecular weight excluding hydrogens is 346 g/mol. The van der Waals surface area contributed by atoms with Crippen LogP contribution >= 0.6 is 0 Å². The number of rotatable bonds is 7. The first-order valence-corrected chi connectivity index (χ1v) is 7.34. The molecule has 2 rings (SSSR count). The summed E-state index contributed by atoms with van der Waals surface area (Å²) in [7, 11) is 1.51. The molecule has 4 N–H and O–H groups in total. The van der Waals surface area contributed by atoms with E-state index in [0.29, 0.717) is 5.75 Å². The Kier molecular flexibility index (Phi) is 5.41. The summed E-state index contributed by atoms with van der Waals surface area (Å²) in [5.41, 5.74) is -2.08. The van der Waals surface area contributed by atoms with E-state index in [0.717, 1.165) is 5.56 Å². The van der Waals surface area contributed by atoms with E-state index in [1.54, 1.807) is 24.3 Å². The van der Waals surface area contributed by atoms with Gasteiger partial charge in [0.15, 0.2) is 11.4 Å². The summed E-state index contributed by atoms with van der Waals surface area (Å²) < 4.78 is 5.03. The normalized spacial score (nSPS) is 10.3. The first kappa shape index (κ1) is 18.7. The highest BCUT2D eigenvalue weighted by atomic mass is 16.5.